The highest BCUT2D eigenvalue weighted by Crippen LogP contribution is 2.09. The lowest BCUT2D eigenvalue weighted by Gasteiger charge is -2.07. The van der Waals surface area contributed by atoms with Gasteiger partial charge in [-0.2, -0.15) is 0 Å². The molecule has 0 spiro atoms. The van der Waals surface area contributed by atoms with E-state index in [0.717, 1.165) is 0 Å². The quantitative estimate of drug-likeness (QED) is 0.885. The molecular formula is C11H9BrN4O3. The molecule has 98 valence electrons. The first-order chi connectivity index (χ1) is 9.06. The second kappa shape index (κ2) is 5.61. The van der Waals surface area contributed by atoms with E-state index in [0.29, 0.717) is 4.60 Å². The predicted molar refractivity (Wildman–Crippen MR) is 69.8 cm³/mol. The molecule has 0 saturated carbocycles. The van der Waals surface area contributed by atoms with E-state index in [1.807, 2.05) is 0 Å². The molecule has 0 atom stereocenters. The van der Waals surface area contributed by atoms with Crippen molar-refractivity contribution in [2.24, 2.45) is 0 Å². The van der Waals surface area contributed by atoms with Gasteiger partial charge in [-0.3, -0.25) is 9.59 Å². The Labute approximate surface area is 116 Å². The molecule has 0 aliphatic heterocycles. The van der Waals surface area contributed by atoms with Gasteiger partial charge in [0.1, 0.15) is 16.8 Å². The number of nitrogens with one attached hydrogen (secondary N) is 1. The summed E-state index contributed by atoms with van der Waals surface area (Å²) in [5, 5.41) is 11.3. The Balaban J connectivity index is 2.14. The fraction of sp³-hybridized carbons (Fsp3) is 0.0909. The van der Waals surface area contributed by atoms with Gasteiger partial charge in [-0.05, 0) is 28.1 Å². The van der Waals surface area contributed by atoms with Gasteiger partial charge in [0, 0.05) is 6.20 Å². The normalized spacial score (nSPS) is 10.2. The maximum absolute atomic E-state index is 12.0. The molecule has 2 aromatic heterocycles. The molecule has 0 aliphatic rings. The Bertz CT molecular complexity index is 609. The molecule has 2 heterocycles. The predicted octanol–water partition coefficient (Wildman–Crippen LogP) is 1.38. The average Bonchev–Trinajstić information content (AvgIpc) is 2.79. The zero-order chi connectivity index (χ0) is 13.8. The zero-order valence-electron chi connectivity index (χ0n) is 9.58. The zero-order valence-corrected chi connectivity index (χ0v) is 11.2. The number of nitrogens with zero attached hydrogens (tertiary/aromatic N) is 3. The largest absolute Gasteiger partial charge is 0.480 e. The third-order valence-electron chi connectivity index (χ3n) is 2.23. The standard InChI is InChI=1S/C11H9BrN4O3/c12-8-4-14-9(5-13-8)15-11(19)7-2-1-3-16(7)6-10(17)18/h1-5H,6H2,(H,17,18)(H,14,15,19). The first-order valence-corrected chi connectivity index (χ1v) is 6.01. The Morgan fingerprint density at radius 2 is 2.16 bits per heavy atom. The smallest absolute Gasteiger partial charge is 0.323 e. The van der Waals surface area contributed by atoms with Crippen LogP contribution in [0.25, 0.3) is 0 Å². The van der Waals surface area contributed by atoms with Crippen molar-refractivity contribution in [3.63, 3.8) is 0 Å². The van der Waals surface area contributed by atoms with Gasteiger partial charge in [-0.25, -0.2) is 9.97 Å². The number of carboxylic acids is 1. The van der Waals surface area contributed by atoms with Crippen LogP contribution in [0.2, 0.25) is 0 Å². The number of amides is 1. The van der Waals surface area contributed by atoms with Gasteiger partial charge in [0.2, 0.25) is 0 Å². The minimum Gasteiger partial charge on any atom is -0.480 e. The molecule has 0 saturated heterocycles. The molecular weight excluding hydrogens is 316 g/mol. The maximum atomic E-state index is 12.0. The Hall–Kier alpha value is -2.22. The highest BCUT2D eigenvalue weighted by Gasteiger charge is 2.13. The summed E-state index contributed by atoms with van der Waals surface area (Å²) in [7, 11) is 0. The lowest BCUT2D eigenvalue weighted by atomic mass is 10.4. The third kappa shape index (κ3) is 3.38. The summed E-state index contributed by atoms with van der Waals surface area (Å²) in [5.74, 6) is -1.17. The van der Waals surface area contributed by atoms with Crippen molar-refractivity contribution in [1.82, 2.24) is 14.5 Å². The minimum absolute atomic E-state index is 0.243. The summed E-state index contributed by atoms with van der Waals surface area (Å²) in [4.78, 5) is 30.5. The van der Waals surface area contributed by atoms with Crippen LogP contribution in [0.15, 0.2) is 35.3 Å². The molecule has 1 amide bonds. The van der Waals surface area contributed by atoms with Crippen LogP contribution in [0, 0.1) is 0 Å². The Morgan fingerprint density at radius 3 is 2.79 bits per heavy atom. The fourth-order valence-electron chi connectivity index (χ4n) is 1.46. The van der Waals surface area contributed by atoms with Crippen molar-refractivity contribution in [2.45, 2.75) is 6.54 Å². The summed E-state index contributed by atoms with van der Waals surface area (Å²) in [6.07, 6.45) is 4.37. The number of hydrogen-bond acceptors (Lipinski definition) is 4. The van der Waals surface area contributed by atoms with Crippen molar-refractivity contribution in [3.05, 3.63) is 41.0 Å². The molecule has 0 aliphatic carbocycles. The highest BCUT2D eigenvalue weighted by molar-refractivity contribution is 9.10. The van der Waals surface area contributed by atoms with Gasteiger partial charge in [0.15, 0.2) is 5.82 Å². The van der Waals surface area contributed by atoms with Gasteiger partial charge >= 0.3 is 5.97 Å². The second-order valence-corrected chi connectivity index (χ2v) is 4.41. The summed E-state index contributed by atoms with van der Waals surface area (Å²) >= 11 is 3.13. The molecule has 2 rings (SSSR count). The van der Waals surface area contributed by atoms with Crippen molar-refractivity contribution < 1.29 is 14.7 Å². The van der Waals surface area contributed by atoms with Crippen molar-refractivity contribution >= 4 is 33.6 Å². The molecule has 2 aromatic rings. The number of carbonyl (C=O) groups excluding carboxylic acids is 1. The first-order valence-electron chi connectivity index (χ1n) is 5.22. The number of aliphatic carboxylic acids is 1. The van der Waals surface area contributed by atoms with Crippen LogP contribution >= 0.6 is 15.9 Å². The van der Waals surface area contributed by atoms with Gasteiger partial charge < -0.3 is 15.0 Å². The van der Waals surface area contributed by atoms with E-state index < -0.39 is 11.9 Å². The van der Waals surface area contributed by atoms with Crippen LogP contribution in [0.1, 0.15) is 10.5 Å². The molecule has 0 aromatic carbocycles. The lowest BCUT2D eigenvalue weighted by Crippen LogP contribution is -2.19. The first kappa shape index (κ1) is 13.2. The van der Waals surface area contributed by atoms with Crippen LogP contribution in [0.3, 0.4) is 0 Å². The topological polar surface area (TPSA) is 97.1 Å². The monoisotopic (exact) mass is 324 g/mol. The molecule has 2 N–H and O–H groups in total. The van der Waals surface area contributed by atoms with Gasteiger partial charge in [-0.1, -0.05) is 0 Å². The SMILES string of the molecule is O=C(O)Cn1cccc1C(=O)Nc1cnc(Br)cn1. The summed E-state index contributed by atoms with van der Waals surface area (Å²) in [6, 6.07) is 3.13. The molecule has 7 nitrogen and oxygen atoms in total. The molecule has 8 heteroatoms. The number of carboxylic acid groups (broad SMARTS) is 1. The van der Waals surface area contributed by atoms with Crippen LogP contribution in [-0.4, -0.2) is 31.5 Å². The summed E-state index contributed by atoms with van der Waals surface area (Å²) in [6.45, 7) is -0.276. The lowest BCUT2D eigenvalue weighted by molar-refractivity contribution is -0.137. The molecule has 0 radical (unpaired) electrons. The third-order valence-corrected chi connectivity index (χ3v) is 2.64. The maximum Gasteiger partial charge on any atom is 0.323 e. The van der Waals surface area contributed by atoms with Crippen LogP contribution in [-0.2, 0) is 11.3 Å². The molecule has 0 bridgehead atoms. The highest BCUT2D eigenvalue weighted by atomic mass is 79.9. The summed E-state index contributed by atoms with van der Waals surface area (Å²) in [5.41, 5.74) is 0.243. The van der Waals surface area contributed by atoms with Crippen LogP contribution in [0.4, 0.5) is 5.82 Å². The van der Waals surface area contributed by atoms with E-state index in [4.69, 9.17) is 5.11 Å². The van der Waals surface area contributed by atoms with E-state index in [-0.39, 0.29) is 18.1 Å². The number of carbonyl (C=O) groups is 2. The number of anilines is 1. The van der Waals surface area contributed by atoms with E-state index in [2.05, 4.69) is 31.2 Å². The minimum atomic E-state index is -1.02. The van der Waals surface area contributed by atoms with E-state index >= 15 is 0 Å². The summed E-state index contributed by atoms with van der Waals surface area (Å²) < 4.78 is 1.89. The Morgan fingerprint density at radius 1 is 1.37 bits per heavy atom. The van der Waals surface area contributed by atoms with Crippen molar-refractivity contribution in [1.29, 1.82) is 0 Å². The van der Waals surface area contributed by atoms with Crippen LogP contribution < -0.4 is 5.32 Å². The van der Waals surface area contributed by atoms with Crippen molar-refractivity contribution in [3.8, 4) is 0 Å². The van der Waals surface area contributed by atoms with E-state index in [9.17, 15) is 9.59 Å². The van der Waals surface area contributed by atoms with E-state index in [1.165, 1.54) is 29.2 Å². The Kier molecular flexibility index (Phi) is 3.91. The second-order valence-electron chi connectivity index (χ2n) is 3.59. The molecule has 0 fully saturated rings. The van der Waals surface area contributed by atoms with E-state index in [1.54, 1.807) is 6.07 Å². The average molecular weight is 325 g/mol. The van der Waals surface area contributed by atoms with Gasteiger partial charge in [0.25, 0.3) is 5.91 Å². The van der Waals surface area contributed by atoms with Gasteiger partial charge in [-0.15, -0.1) is 0 Å². The fourth-order valence-corrected chi connectivity index (χ4v) is 1.67. The molecule has 0 unspecified atom stereocenters. The van der Waals surface area contributed by atoms with Gasteiger partial charge in [0.05, 0.1) is 12.4 Å². The molecule has 19 heavy (non-hydrogen) atoms. The number of rotatable bonds is 4. The number of halogens is 1. The van der Waals surface area contributed by atoms with Crippen LogP contribution in [0.5, 0.6) is 0 Å². The van der Waals surface area contributed by atoms with Crippen molar-refractivity contribution in [2.75, 3.05) is 5.32 Å². The number of hydrogen-bond donors (Lipinski definition) is 2. The number of aromatic nitrogens is 3.